The van der Waals surface area contributed by atoms with Gasteiger partial charge in [0.25, 0.3) is 11.1 Å². The Labute approximate surface area is 228 Å². The monoisotopic (exact) mass is 568 g/mol. The first kappa shape index (κ1) is 27.9. The maximum Gasteiger partial charge on any atom is 0.437 e. The van der Waals surface area contributed by atoms with E-state index in [0.29, 0.717) is 17.6 Å². The van der Waals surface area contributed by atoms with Crippen LogP contribution in [0.1, 0.15) is 28.1 Å². The molecule has 0 saturated carbocycles. The lowest BCUT2D eigenvalue weighted by molar-refractivity contribution is -0.142. The number of halogens is 4. The number of rotatable bonds is 7. The standard InChI is InChI=1S/C26H16ClF3N6O4/c1-39-20-4-2-15(3-5-20)12-36-24(37)17(11-32)8-19(34-36)13-35-14-33-23(26(28,29)30)22(25(35)38)40-21-7-16(10-31)6-18(27)9-21/h2-9,14H,12-13H2,1H3. The molecule has 0 amide bonds. The minimum Gasteiger partial charge on any atom is -0.497 e. The molecule has 2 aromatic heterocycles. The van der Waals surface area contributed by atoms with E-state index in [4.69, 9.17) is 26.3 Å². The van der Waals surface area contributed by atoms with Gasteiger partial charge in [0.05, 0.1) is 43.9 Å². The molecule has 0 aliphatic carbocycles. The summed E-state index contributed by atoms with van der Waals surface area (Å²) in [7, 11) is 1.50. The van der Waals surface area contributed by atoms with Crippen LogP contribution in [0.5, 0.6) is 17.2 Å². The van der Waals surface area contributed by atoms with Crippen molar-refractivity contribution in [2.24, 2.45) is 0 Å². The fourth-order valence-electron chi connectivity index (χ4n) is 3.62. The summed E-state index contributed by atoms with van der Waals surface area (Å²) >= 11 is 5.91. The van der Waals surface area contributed by atoms with Crippen LogP contribution < -0.4 is 20.6 Å². The molecule has 202 valence electrons. The zero-order valence-corrected chi connectivity index (χ0v) is 21.2. The number of hydrogen-bond donors (Lipinski definition) is 0. The Balaban J connectivity index is 1.75. The van der Waals surface area contributed by atoms with E-state index >= 15 is 0 Å². The number of nitrogens with zero attached hydrogens (tertiary/aromatic N) is 6. The molecule has 0 bridgehead atoms. The van der Waals surface area contributed by atoms with Crippen molar-refractivity contribution >= 4 is 11.6 Å². The van der Waals surface area contributed by atoms with Gasteiger partial charge >= 0.3 is 6.18 Å². The maximum atomic E-state index is 13.7. The molecule has 0 spiro atoms. The number of hydrogen-bond acceptors (Lipinski definition) is 8. The first-order valence-electron chi connectivity index (χ1n) is 11.2. The summed E-state index contributed by atoms with van der Waals surface area (Å²) in [6.45, 7) is -0.479. The van der Waals surface area contributed by atoms with Crippen LogP contribution in [0.25, 0.3) is 0 Å². The first-order chi connectivity index (χ1) is 19.0. The first-order valence-corrected chi connectivity index (χ1v) is 11.6. The number of alkyl halides is 3. The normalized spacial score (nSPS) is 11.0. The fraction of sp³-hybridized carbons (Fsp3) is 0.154. The van der Waals surface area contributed by atoms with Gasteiger partial charge in [-0.15, -0.1) is 0 Å². The molecule has 40 heavy (non-hydrogen) atoms. The van der Waals surface area contributed by atoms with Gasteiger partial charge < -0.3 is 9.47 Å². The fourth-order valence-corrected chi connectivity index (χ4v) is 3.85. The Morgan fingerprint density at radius 3 is 2.33 bits per heavy atom. The van der Waals surface area contributed by atoms with Gasteiger partial charge in [-0.3, -0.25) is 14.2 Å². The van der Waals surface area contributed by atoms with Crippen molar-refractivity contribution in [2.45, 2.75) is 19.3 Å². The van der Waals surface area contributed by atoms with E-state index in [9.17, 15) is 28.0 Å². The van der Waals surface area contributed by atoms with Gasteiger partial charge in [-0.05, 0) is 42.0 Å². The van der Waals surface area contributed by atoms with Crippen molar-refractivity contribution in [3.05, 3.63) is 109 Å². The van der Waals surface area contributed by atoms with E-state index in [-0.39, 0.29) is 34.1 Å². The third kappa shape index (κ3) is 6.11. The zero-order chi connectivity index (χ0) is 29.0. The summed E-state index contributed by atoms with van der Waals surface area (Å²) in [4.78, 5) is 29.2. The lowest BCUT2D eigenvalue weighted by Crippen LogP contribution is -2.30. The molecule has 4 aromatic rings. The van der Waals surface area contributed by atoms with Crippen LogP contribution in [-0.4, -0.2) is 26.4 Å². The average Bonchev–Trinajstić information content (AvgIpc) is 2.92. The third-order valence-electron chi connectivity index (χ3n) is 5.45. The molecule has 2 aromatic carbocycles. The highest BCUT2D eigenvalue weighted by molar-refractivity contribution is 6.30. The van der Waals surface area contributed by atoms with E-state index in [2.05, 4.69) is 10.1 Å². The van der Waals surface area contributed by atoms with Crippen LogP contribution in [-0.2, 0) is 19.3 Å². The molecule has 0 radical (unpaired) electrons. The van der Waals surface area contributed by atoms with Gasteiger partial charge in [-0.25, -0.2) is 9.67 Å². The van der Waals surface area contributed by atoms with Crippen molar-refractivity contribution in [2.75, 3.05) is 7.11 Å². The highest BCUT2D eigenvalue weighted by atomic mass is 35.5. The predicted molar refractivity (Wildman–Crippen MR) is 134 cm³/mol. The van der Waals surface area contributed by atoms with Gasteiger partial charge in [-0.1, -0.05) is 23.7 Å². The Bertz CT molecular complexity index is 1790. The molecule has 0 aliphatic rings. The number of ether oxygens (including phenoxy) is 2. The van der Waals surface area contributed by atoms with Gasteiger partial charge in [0, 0.05) is 5.02 Å². The highest BCUT2D eigenvalue weighted by Gasteiger charge is 2.39. The molecule has 0 N–H and O–H groups in total. The van der Waals surface area contributed by atoms with E-state index < -0.39 is 35.3 Å². The molecular weight excluding hydrogens is 553 g/mol. The van der Waals surface area contributed by atoms with E-state index in [0.717, 1.165) is 27.4 Å². The minimum absolute atomic E-state index is 0.000765. The van der Waals surface area contributed by atoms with E-state index in [1.807, 2.05) is 0 Å². The Kier molecular flexibility index (Phi) is 7.88. The van der Waals surface area contributed by atoms with Gasteiger partial charge in [0.2, 0.25) is 5.75 Å². The Morgan fingerprint density at radius 2 is 1.70 bits per heavy atom. The molecule has 10 nitrogen and oxygen atoms in total. The molecule has 0 atom stereocenters. The van der Waals surface area contributed by atoms with Crippen LogP contribution in [0.3, 0.4) is 0 Å². The van der Waals surface area contributed by atoms with E-state index in [1.165, 1.54) is 13.2 Å². The minimum atomic E-state index is -5.05. The number of nitriles is 2. The Hall–Kier alpha value is -5.14. The van der Waals surface area contributed by atoms with Crippen LogP contribution in [0.2, 0.25) is 5.02 Å². The summed E-state index contributed by atoms with van der Waals surface area (Å²) in [6.07, 6.45) is -4.40. The van der Waals surface area contributed by atoms with Crippen molar-refractivity contribution in [3.8, 4) is 29.4 Å². The summed E-state index contributed by atoms with van der Waals surface area (Å²) in [6, 6.07) is 14.9. The zero-order valence-electron chi connectivity index (χ0n) is 20.4. The summed E-state index contributed by atoms with van der Waals surface area (Å²) in [5.41, 5.74) is -3.14. The topological polar surface area (TPSA) is 136 Å². The molecule has 0 unspecified atom stereocenters. The molecule has 0 aliphatic heterocycles. The molecule has 4 rings (SSSR count). The quantitative estimate of drug-likeness (QED) is 0.325. The van der Waals surface area contributed by atoms with Gasteiger partial charge in [0.1, 0.15) is 23.1 Å². The van der Waals surface area contributed by atoms with Gasteiger partial charge in [-0.2, -0.15) is 28.8 Å². The summed E-state index contributed by atoms with van der Waals surface area (Å²) < 4.78 is 53.3. The van der Waals surface area contributed by atoms with Crippen molar-refractivity contribution < 1.29 is 22.6 Å². The lowest BCUT2D eigenvalue weighted by atomic mass is 10.2. The third-order valence-corrected chi connectivity index (χ3v) is 5.67. The number of aromatic nitrogens is 4. The molecule has 2 heterocycles. The molecule has 0 fully saturated rings. The second-order valence-electron chi connectivity index (χ2n) is 8.21. The summed E-state index contributed by atoms with van der Waals surface area (Å²) in [5, 5.41) is 22.8. The van der Waals surface area contributed by atoms with Crippen LogP contribution in [0.15, 0.2) is 64.4 Å². The predicted octanol–water partition coefficient (Wildman–Crippen LogP) is 4.11. The molecule has 0 saturated heterocycles. The SMILES string of the molecule is COc1ccc(Cn2nc(Cn3cnc(C(F)(F)F)c(Oc4cc(Cl)cc(C#N)c4)c3=O)cc(C#N)c2=O)cc1. The van der Waals surface area contributed by atoms with E-state index in [1.54, 1.807) is 36.4 Å². The summed E-state index contributed by atoms with van der Waals surface area (Å²) in [5.74, 6) is -0.860. The second kappa shape index (κ2) is 11.3. The van der Waals surface area contributed by atoms with Crippen molar-refractivity contribution in [3.63, 3.8) is 0 Å². The van der Waals surface area contributed by atoms with Crippen molar-refractivity contribution in [1.29, 1.82) is 10.5 Å². The number of methoxy groups -OCH3 is 1. The van der Waals surface area contributed by atoms with Crippen LogP contribution in [0.4, 0.5) is 13.2 Å². The second-order valence-corrected chi connectivity index (χ2v) is 8.65. The lowest BCUT2D eigenvalue weighted by Gasteiger charge is -2.15. The highest BCUT2D eigenvalue weighted by Crippen LogP contribution is 2.35. The maximum absolute atomic E-state index is 13.7. The van der Waals surface area contributed by atoms with Crippen LogP contribution in [0, 0.1) is 22.7 Å². The number of benzene rings is 2. The largest absolute Gasteiger partial charge is 0.497 e. The average molecular weight is 569 g/mol. The molecule has 14 heteroatoms. The Morgan fingerprint density at radius 1 is 0.975 bits per heavy atom. The smallest absolute Gasteiger partial charge is 0.437 e. The van der Waals surface area contributed by atoms with Gasteiger partial charge in [0.15, 0.2) is 5.69 Å². The van der Waals surface area contributed by atoms with Crippen LogP contribution >= 0.6 is 11.6 Å². The molecular formula is C26H16ClF3N6O4. The van der Waals surface area contributed by atoms with Crippen molar-refractivity contribution in [1.82, 2.24) is 19.3 Å².